The molecule has 2 rings (SSSR count). The minimum absolute atomic E-state index is 0.238. The second-order valence-electron chi connectivity index (χ2n) is 4.71. The van der Waals surface area contributed by atoms with Crippen LogP contribution in [-0.4, -0.2) is 63.4 Å². The van der Waals surface area contributed by atoms with Crippen LogP contribution < -0.4 is 0 Å². The van der Waals surface area contributed by atoms with Gasteiger partial charge in [-0.05, 0) is 6.07 Å². The minimum atomic E-state index is -0.715. The molecule has 0 amide bonds. The van der Waals surface area contributed by atoms with Crippen molar-refractivity contribution in [1.82, 2.24) is 19.6 Å². The lowest BCUT2D eigenvalue weighted by molar-refractivity contribution is -0.137. The third kappa shape index (κ3) is 3.54. The quantitative estimate of drug-likeness (QED) is 0.800. The second-order valence-corrected chi connectivity index (χ2v) is 4.71. The number of hydrogen-bond donors (Lipinski definition) is 1. The zero-order valence-electron chi connectivity index (χ0n) is 10.7. The van der Waals surface area contributed by atoms with Crippen LogP contribution in [0.2, 0.25) is 0 Å². The predicted octanol–water partition coefficient (Wildman–Crippen LogP) is 0.0124. The summed E-state index contributed by atoms with van der Waals surface area (Å²) in [6, 6.07) is 2.04. The van der Waals surface area contributed by atoms with Crippen molar-refractivity contribution >= 4 is 5.97 Å². The molecule has 1 saturated heterocycles. The topological polar surface area (TPSA) is 61.6 Å². The zero-order chi connectivity index (χ0) is 13.0. The normalized spacial score (nSPS) is 18.1. The lowest BCUT2D eigenvalue weighted by Gasteiger charge is -2.34. The van der Waals surface area contributed by atoms with Crippen molar-refractivity contribution in [3.63, 3.8) is 0 Å². The maximum Gasteiger partial charge on any atom is 0.304 e. The molecular weight excluding hydrogens is 232 g/mol. The van der Waals surface area contributed by atoms with Gasteiger partial charge in [-0.2, -0.15) is 5.10 Å². The molecule has 0 aromatic carbocycles. The molecule has 0 radical (unpaired) electrons. The molecule has 6 nitrogen and oxygen atoms in total. The fourth-order valence-corrected chi connectivity index (χ4v) is 2.21. The van der Waals surface area contributed by atoms with Crippen molar-refractivity contribution in [3.8, 4) is 0 Å². The Morgan fingerprint density at radius 2 is 2.00 bits per heavy atom. The van der Waals surface area contributed by atoms with Crippen LogP contribution in [0.5, 0.6) is 0 Å². The average Bonchev–Trinajstić information content (AvgIpc) is 2.74. The number of piperazine rings is 1. The van der Waals surface area contributed by atoms with Gasteiger partial charge in [0.2, 0.25) is 0 Å². The molecule has 0 saturated carbocycles. The van der Waals surface area contributed by atoms with E-state index in [-0.39, 0.29) is 6.42 Å². The van der Waals surface area contributed by atoms with E-state index in [1.807, 2.05) is 24.0 Å². The monoisotopic (exact) mass is 252 g/mol. The van der Waals surface area contributed by atoms with Gasteiger partial charge >= 0.3 is 5.97 Å². The number of rotatable bonds is 5. The van der Waals surface area contributed by atoms with E-state index in [1.54, 1.807) is 0 Å². The van der Waals surface area contributed by atoms with Crippen molar-refractivity contribution in [3.05, 3.63) is 18.0 Å². The molecule has 1 fully saturated rings. The van der Waals surface area contributed by atoms with Gasteiger partial charge in [-0.15, -0.1) is 0 Å². The summed E-state index contributed by atoms with van der Waals surface area (Å²) < 4.78 is 1.90. The Kier molecular flexibility index (Phi) is 4.33. The lowest BCUT2D eigenvalue weighted by atomic mass is 10.2. The molecule has 0 unspecified atom stereocenters. The fourth-order valence-electron chi connectivity index (χ4n) is 2.21. The first-order valence-electron chi connectivity index (χ1n) is 6.28. The minimum Gasteiger partial charge on any atom is -0.481 e. The van der Waals surface area contributed by atoms with E-state index in [4.69, 9.17) is 5.11 Å². The van der Waals surface area contributed by atoms with Crippen molar-refractivity contribution < 1.29 is 9.90 Å². The van der Waals surface area contributed by atoms with Crippen molar-refractivity contribution in [2.45, 2.75) is 13.0 Å². The maximum atomic E-state index is 10.5. The number of carbonyl (C=O) groups is 1. The molecule has 1 aliphatic rings. The lowest BCUT2D eigenvalue weighted by Crippen LogP contribution is -2.46. The molecule has 100 valence electrons. The molecule has 0 atom stereocenters. The van der Waals surface area contributed by atoms with Gasteiger partial charge in [-0.3, -0.25) is 14.4 Å². The van der Waals surface area contributed by atoms with Crippen LogP contribution in [0.4, 0.5) is 0 Å². The number of aromatic nitrogens is 2. The van der Waals surface area contributed by atoms with Crippen LogP contribution >= 0.6 is 0 Å². The third-order valence-corrected chi connectivity index (χ3v) is 3.41. The number of carboxylic acids is 1. The van der Waals surface area contributed by atoms with Crippen LogP contribution in [-0.2, 0) is 18.4 Å². The summed E-state index contributed by atoms with van der Waals surface area (Å²) in [5.41, 5.74) is 1.22. The first kappa shape index (κ1) is 13.0. The third-order valence-electron chi connectivity index (χ3n) is 3.41. The van der Waals surface area contributed by atoms with Gasteiger partial charge in [0.05, 0.1) is 12.1 Å². The first-order valence-corrected chi connectivity index (χ1v) is 6.28. The van der Waals surface area contributed by atoms with Gasteiger partial charge in [-0.1, -0.05) is 0 Å². The van der Waals surface area contributed by atoms with Crippen LogP contribution in [0, 0.1) is 0 Å². The summed E-state index contributed by atoms with van der Waals surface area (Å²) in [6.45, 7) is 5.46. The van der Waals surface area contributed by atoms with Gasteiger partial charge in [0.25, 0.3) is 0 Å². The Balaban J connectivity index is 1.73. The smallest absolute Gasteiger partial charge is 0.304 e. The van der Waals surface area contributed by atoms with E-state index in [2.05, 4.69) is 14.9 Å². The number of carboxylic acid groups (broad SMARTS) is 1. The van der Waals surface area contributed by atoms with E-state index in [0.717, 1.165) is 32.7 Å². The van der Waals surface area contributed by atoms with E-state index in [0.29, 0.717) is 6.54 Å². The Hall–Kier alpha value is -1.40. The molecule has 0 bridgehead atoms. The number of aryl methyl sites for hydroxylation is 1. The Labute approximate surface area is 107 Å². The van der Waals surface area contributed by atoms with Crippen molar-refractivity contribution in [1.29, 1.82) is 0 Å². The predicted molar refractivity (Wildman–Crippen MR) is 67.2 cm³/mol. The highest BCUT2D eigenvalue weighted by molar-refractivity contribution is 5.66. The molecule has 1 N–H and O–H groups in total. The number of hydrogen-bond acceptors (Lipinski definition) is 4. The Morgan fingerprint density at radius 3 is 2.56 bits per heavy atom. The highest BCUT2D eigenvalue weighted by Gasteiger charge is 2.18. The highest BCUT2D eigenvalue weighted by atomic mass is 16.4. The van der Waals surface area contributed by atoms with E-state index in [9.17, 15) is 4.79 Å². The Bertz CT molecular complexity index is 397. The summed E-state index contributed by atoms with van der Waals surface area (Å²) in [5, 5.41) is 12.8. The molecule has 1 aliphatic heterocycles. The standard InChI is InChI=1S/C12H20N4O2/c1-14-11(2-4-13-14)10-16-8-6-15(7-9-16)5-3-12(17)18/h2,4H,3,5-10H2,1H3,(H,17,18). The van der Waals surface area contributed by atoms with Crippen molar-refractivity contribution in [2.75, 3.05) is 32.7 Å². The molecule has 0 spiro atoms. The van der Waals surface area contributed by atoms with Gasteiger partial charge in [-0.25, -0.2) is 0 Å². The highest BCUT2D eigenvalue weighted by Crippen LogP contribution is 2.07. The SMILES string of the molecule is Cn1nccc1CN1CCN(CCC(=O)O)CC1. The van der Waals surface area contributed by atoms with E-state index >= 15 is 0 Å². The summed E-state index contributed by atoms with van der Waals surface area (Å²) in [7, 11) is 1.96. The number of aliphatic carboxylic acids is 1. The first-order chi connectivity index (χ1) is 8.65. The van der Waals surface area contributed by atoms with Crippen LogP contribution in [0.3, 0.4) is 0 Å². The molecular formula is C12H20N4O2. The average molecular weight is 252 g/mol. The summed E-state index contributed by atoms with van der Waals surface area (Å²) in [5.74, 6) is -0.715. The van der Waals surface area contributed by atoms with Gasteiger partial charge in [0.1, 0.15) is 0 Å². The van der Waals surface area contributed by atoms with E-state index in [1.165, 1.54) is 5.69 Å². The molecule has 1 aromatic rings. The maximum absolute atomic E-state index is 10.5. The summed E-state index contributed by atoms with van der Waals surface area (Å²) in [6.07, 6.45) is 2.06. The van der Waals surface area contributed by atoms with Gasteiger partial charge < -0.3 is 10.0 Å². The van der Waals surface area contributed by atoms with E-state index < -0.39 is 5.97 Å². The van der Waals surface area contributed by atoms with Crippen molar-refractivity contribution in [2.24, 2.45) is 7.05 Å². The zero-order valence-corrected chi connectivity index (χ0v) is 10.7. The second kappa shape index (κ2) is 5.97. The van der Waals surface area contributed by atoms with Gasteiger partial charge in [0.15, 0.2) is 0 Å². The summed E-state index contributed by atoms with van der Waals surface area (Å²) >= 11 is 0. The molecule has 6 heteroatoms. The van der Waals surface area contributed by atoms with Crippen LogP contribution in [0.25, 0.3) is 0 Å². The van der Waals surface area contributed by atoms with Crippen LogP contribution in [0.1, 0.15) is 12.1 Å². The summed E-state index contributed by atoms with van der Waals surface area (Å²) in [4.78, 5) is 15.1. The van der Waals surface area contributed by atoms with Crippen LogP contribution in [0.15, 0.2) is 12.3 Å². The molecule has 1 aromatic heterocycles. The molecule has 0 aliphatic carbocycles. The molecule has 18 heavy (non-hydrogen) atoms. The largest absolute Gasteiger partial charge is 0.481 e. The Morgan fingerprint density at radius 1 is 1.33 bits per heavy atom. The number of nitrogens with zero attached hydrogens (tertiary/aromatic N) is 4. The van der Waals surface area contributed by atoms with Gasteiger partial charge in [0, 0.05) is 52.5 Å². The molecule has 2 heterocycles. The fraction of sp³-hybridized carbons (Fsp3) is 0.667.